The second-order valence-electron chi connectivity index (χ2n) is 7.42. The number of hydrogen-bond acceptors (Lipinski definition) is 5. The van der Waals surface area contributed by atoms with Crippen molar-refractivity contribution in [1.29, 1.82) is 0 Å². The number of aromatic amines is 1. The van der Waals surface area contributed by atoms with Crippen LogP contribution in [0.2, 0.25) is 0 Å². The van der Waals surface area contributed by atoms with Gasteiger partial charge in [0.05, 0.1) is 23.9 Å². The van der Waals surface area contributed by atoms with Crippen LogP contribution in [0.25, 0.3) is 11.0 Å². The number of rotatable bonds is 8. The van der Waals surface area contributed by atoms with E-state index >= 15 is 0 Å². The summed E-state index contributed by atoms with van der Waals surface area (Å²) in [6, 6.07) is 13.0. The van der Waals surface area contributed by atoms with E-state index in [9.17, 15) is 4.79 Å². The number of H-pyrrole nitrogens is 1. The van der Waals surface area contributed by atoms with Crippen molar-refractivity contribution in [3.8, 4) is 5.75 Å². The first-order valence-electron chi connectivity index (χ1n) is 9.63. The molecule has 0 radical (unpaired) electrons. The third-order valence-corrected chi connectivity index (χ3v) is 4.78. The van der Waals surface area contributed by atoms with Crippen LogP contribution in [-0.4, -0.2) is 33.9 Å². The molecule has 0 bridgehead atoms. The van der Waals surface area contributed by atoms with Crippen molar-refractivity contribution in [1.82, 2.24) is 15.4 Å². The second-order valence-corrected chi connectivity index (χ2v) is 8.98. The molecule has 1 aromatic heterocycles. The third kappa shape index (κ3) is 6.09. The van der Waals surface area contributed by atoms with Gasteiger partial charge in [0, 0.05) is 10.8 Å². The standard InChI is InChI=1S/C22H26N4O2S/c1-14(2)13-28-18-7-5-6-16(10-18)12-23-26-21(27)17-8-9-19-20(11-17)25-22(24-19)29-15(3)4/h5-12,14-15H,13H2,1-4H3,(H,24,25)(H,26,27)/b23-12-. The van der Waals surface area contributed by atoms with E-state index < -0.39 is 0 Å². The number of nitrogens with zero attached hydrogens (tertiary/aromatic N) is 2. The highest BCUT2D eigenvalue weighted by molar-refractivity contribution is 7.99. The molecule has 0 atom stereocenters. The van der Waals surface area contributed by atoms with Gasteiger partial charge in [0.25, 0.3) is 5.91 Å². The number of ether oxygens (including phenoxy) is 1. The predicted octanol–water partition coefficient (Wildman–Crippen LogP) is 4.86. The Kier molecular flexibility index (Phi) is 6.93. The number of thioether (sulfide) groups is 1. The van der Waals surface area contributed by atoms with Crippen LogP contribution in [0.4, 0.5) is 0 Å². The molecule has 152 valence electrons. The molecule has 0 spiro atoms. The largest absolute Gasteiger partial charge is 0.493 e. The predicted molar refractivity (Wildman–Crippen MR) is 119 cm³/mol. The number of benzene rings is 2. The van der Waals surface area contributed by atoms with E-state index in [1.165, 1.54) is 0 Å². The van der Waals surface area contributed by atoms with Crippen molar-refractivity contribution in [2.45, 2.75) is 38.1 Å². The van der Waals surface area contributed by atoms with Crippen molar-refractivity contribution in [2.75, 3.05) is 6.61 Å². The van der Waals surface area contributed by atoms with E-state index in [4.69, 9.17) is 4.74 Å². The average Bonchev–Trinajstić information content (AvgIpc) is 3.07. The van der Waals surface area contributed by atoms with E-state index in [2.05, 4.69) is 48.2 Å². The minimum Gasteiger partial charge on any atom is -0.493 e. The Morgan fingerprint density at radius 2 is 2.07 bits per heavy atom. The monoisotopic (exact) mass is 410 g/mol. The lowest BCUT2D eigenvalue weighted by molar-refractivity contribution is 0.0955. The Balaban J connectivity index is 1.63. The summed E-state index contributed by atoms with van der Waals surface area (Å²) in [4.78, 5) is 20.2. The fourth-order valence-corrected chi connectivity index (χ4v) is 3.35. The number of hydrogen-bond donors (Lipinski definition) is 2. The van der Waals surface area contributed by atoms with Gasteiger partial charge in [0.2, 0.25) is 0 Å². The lowest BCUT2D eigenvalue weighted by Crippen LogP contribution is -2.17. The highest BCUT2D eigenvalue weighted by Crippen LogP contribution is 2.23. The maximum absolute atomic E-state index is 12.4. The molecule has 0 saturated carbocycles. The second kappa shape index (κ2) is 9.60. The molecule has 29 heavy (non-hydrogen) atoms. The van der Waals surface area contributed by atoms with Crippen LogP contribution in [0.15, 0.2) is 52.7 Å². The first kappa shape index (κ1) is 20.9. The van der Waals surface area contributed by atoms with Gasteiger partial charge in [-0.2, -0.15) is 5.10 Å². The lowest BCUT2D eigenvalue weighted by atomic mass is 10.2. The molecule has 1 heterocycles. The van der Waals surface area contributed by atoms with E-state index in [-0.39, 0.29) is 5.91 Å². The van der Waals surface area contributed by atoms with Crippen LogP contribution in [0.5, 0.6) is 5.75 Å². The van der Waals surface area contributed by atoms with E-state index in [1.54, 1.807) is 30.1 Å². The van der Waals surface area contributed by atoms with Crippen molar-refractivity contribution in [3.63, 3.8) is 0 Å². The SMILES string of the molecule is CC(C)COc1cccc(/C=N\NC(=O)c2ccc3nc(SC(C)C)[nH]c3c2)c1. The van der Waals surface area contributed by atoms with E-state index in [0.717, 1.165) is 27.5 Å². The number of aromatic nitrogens is 2. The van der Waals surface area contributed by atoms with Gasteiger partial charge < -0.3 is 9.72 Å². The zero-order chi connectivity index (χ0) is 20.8. The summed E-state index contributed by atoms with van der Waals surface area (Å²) in [7, 11) is 0. The number of hydrazone groups is 1. The number of amides is 1. The van der Waals surface area contributed by atoms with Crippen molar-refractivity contribution >= 4 is 34.9 Å². The molecule has 0 aliphatic rings. The topological polar surface area (TPSA) is 79.4 Å². The van der Waals surface area contributed by atoms with Gasteiger partial charge in [-0.25, -0.2) is 10.4 Å². The summed E-state index contributed by atoms with van der Waals surface area (Å²) in [5.41, 5.74) is 5.62. The van der Waals surface area contributed by atoms with Crippen molar-refractivity contribution in [3.05, 3.63) is 53.6 Å². The van der Waals surface area contributed by atoms with Gasteiger partial charge in [-0.1, -0.05) is 51.6 Å². The van der Waals surface area contributed by atoms with Crippen LogP contribution < -0.4 is 10.2 Å². The Labute approximate surface area is 175 Å². The van der Waals surface area contributed by atoms with Crippen LogP contribution in [0.3, 0.4) is 0 Å². The van der Waals surface area contributed by atoms with Crippen LogP contribution in [0.1, 0.15) is 43.6 Å². The molecular weight excluding hydrogens is 384 g/mol. The summed E-state index contributed by atoms with van der Waals surface area (Å²) in [6.07, 6.45) is 1.60. The summed E-state index contributed by atoms with van der Waals surface area (Å²) < 4.78 is 5.71. The van der Waals surface area contributed by atoms with Gasteiger partial charge in [0.1, 0.15) is 5.75 Å². The number of fused-ring (bicyclic) bond motifs is 1. The van der Waals surface area contributed by atoms with Crippen molar-refractivity contribution < 1.29 is 9.53 Å². The van der Waals surface area contributed by atoms with Crippen LogP contribution in [-0.2, 0) is 0 Å². The number of imidazole rings is 1. The van der Waals surface area contributed by atoms with Crippen LogP contribution in [0, 0.1) is 5.92 Å². The summed E-state index contributed by atoms with van der Waals surface area (Å²) in [5.74, 6) is 0.968. The molecular formula is C22H26N4O2S. The highest BCUT2D eigenvalue weighted by atomic mass is 32.2. The van der Waals surface area contributed by atoms with Gasteiger partial charge in [-0.3, -0.25) is 4.79 Å². The third-order valence-electron chi connectivity index (χ3n) is 3.89. The molecule has 0 saturated heterocycles. The van der Waals surface area contributed by atoms with Gasteiger partial charge >= 0.3 is 0 Å². The zero-order valence-electron chi connectivity index (χ0n) is 17.1. The quantitative estimate of drug-likeness (QED) is 0.316. The Hall–Kier alpha value is -2.80. The minimum absolute atomic E-state index is 0.275. The van der Waals surface area contributed by atoms with E-state index in [1.807, 2.05) is 30.3 Å². The number of carbonyl (C=O) groups excluding carboxylic acids is 1. The van der Waals surface area contributed by atoms with E-state index in [0.29, 0.717) is 23.3 Å². The molecule has 0 fully saturated rings. The van der Waals surface area contributed by atoms with Crippen molar-refractivity contribution in [2.24, 2.45) is 11.0 Å². The molecule has 7 heteroatoms. The molecule has 0 aliphatic heterocycles. The fourth-order valence-electron chi connectivity index (χ4n) is 2.58. The normalized spacial score (nSPS) is 11.7. The molecule has 3 rings (SSSR count). The first-order valence-corrected chi connectivity index (χ1v) is 10.5. The molecule has 2 N–H and O–H groups in total. The summed E-state index contributed by atoms with van der Waals surface area (Å²) in [5, 5.41) is 5.35. The maximum atomic E-state index is 12.4. The molecule has 1 amide bonds. The smallest absolute Gasteiger partial charge is 0.271 e. The Morgan fingerprint density at radius 1 is 1.24 bits per heavy atom. The highest BCUT2D eigenvalue weighted by Gasteiger charge is 2.09. The molecule has 0 unspecified atom stereocenters. The number of nitrogens with one attached hydrogen (secondary N) is 2. The molecule has 3 aromatic rings. The maximum Gasteiger partial charge on any atom is 0.271 e. The Morgan fingerprint density at radius 3 is 2.83 bits per heavy atom. The zero-order valence-corrected chi connectivity index (χ0v) is 17.9. The van der Waals surface area contributed by atoms with Gasteiger partial charge in [0.15, 0.2) is 5.16 Å². The molecule has 6 nitrogen and oxygen atoms in total. The van der Waals surface area contributed by atoms with Gasteiger partial charge in [-0.05, 0) is 41.8 Å². The van der Waals surface area contributed by atoms with Crippen LogP contribution >= 0.6 is 11.8 Å². The minimum atomic E-state index is -0.275. The lowest BCUT2D eigenvalue weighted by Gasteiger charge is -2.08. The van der Waals surface area contributed by atoms with Gasteiger partial charge in [-0.15, -0.1) is 0 Å². The number of carbonyl (C=O) groups is 1. The average molecular weight is 411 g/mol. The fraction of sp³-hybridized carbons (Fsp3) is 0.318. The summed E-state index contributed by atoms with van der Waals surface area (Å²) in [6.45, 7) is 9.09. The first-order chi connectivity index (χ1) is 13.9. The molecule has 2 aromatic carbocycles. The molecule has 0 aliphatic carbocycles. The Bertz CT molecular complexity index is 1010. The summed E-state index contributed by atoms with van der Waals surface area (Å²) >= 11 is 1.65.